The Kier molecular flexibility index (Phi) is 6.18. The third kappa shape index (κ3) is 5.91. The average Bonchev–Trinajstić information content (AvgIpc) is 2.57. The van der Waals surface area contributed by atoms with Gasteiger partial charge in [0.15, 0.2) is 0 Å². The predicted molar refractivity (Wildman–Crippen MR) is 95.1 cm³/mol. The second kappa shape index (κ2) is 8.34. The molecule has 2 rings (SSSR count). The van der Waals surface area contributed by atoms with Gasteiger partial charge in [-0.3, -0.25) is 4.98 Å². The highest BCUT2D eigenvalue weighted by atomic mass is 16.5. The summed E-state index contributed by atoms with van der Waals surface area (Å²) in [5, 5.41) is 5.55. The van der Waals surface area contributed by atoms with Crippen LogP contribution in [0.15, 0.2) is 48.8 Å². The Morgan fingerprint density at radius 2 is 2.00 bits per heavy atom. The summed E-state index contributed by atoms with van der Waals surface area (Å²) in [7, 11) is 0. The van der Waals surface area contributed by atoms with E-state index in [9.17, 15) is 4.79 Å². The third-order valence-electron chi connectivity index (χ3n) is 3.53. The molecule has 0 aliphatic heterocycles. The van der Waals surface area contributed by atoms with Crippen molar-refractivity contribution in [3.63, 3.8) is 0 Å². The number of ether oxygens (including phenoxy) is 1. The van der Waals surface area contributed by atoms with Crippen LogP contribution in [0.2, 0.25) is 0 Å². The van der Waals surface area contributed by atoms with E-state index in [-0.39, 0.29) is 11.4 Å². The Hall–Kier alpha value is -2.56. The predicted octanol–water partition coefficient (Wildman–Crippen LogP) is 3.26. The number of urea groups is 1. The molecule has 0 fully saturated rings. The molecule has 128 valence electrons. The highest BCUT2D eigenvalue weighted by molar-refractivity contribution is 5.73. The number of aromatic nitrogens is 1. The van der Waals surface area contributed by atoms with Crippen molar-refractivity contribution in [1.82, 2.24) is 15.6 Å². The fraction of sp³-hybridized carbons (Fsp3) is 0.368. The third-order valence-corrected chi connectivity index (χ3v) is 3.53. The largest absolute Gasteiger partial charge is 0.492 e. The Bertz CT molecular complexity index is 651. The van der Waals surface area contributed by atoms with Crippen LogP contribution in [0, 0.1) is 0 Å². The molecular formula is C19H25N3O2. The van der Waals surface area contributed by atoms with E-state index in [4.69, 9.17) is 4.74 Å². The molecule has 2 aromatic rings. The monoisotopic (exact) mass is 327 g/mol. The van der Waals surface area contributed by atoms with E-state index >= 15 is 0 Å². The Morgan fingerprint density at radius 3 is 2.71 bits per heavy atom. The molecule has 0 bridgehead atoms. The van der Waals surface area contributed by atoms with E-state index in [1.54, 1.807) is 12.4 Å². The summed E-state index contributed by atoms with van der Waals surface area (Å²) in [6, 6.07) is 11.6. The van der Waals surface area contributed by atoms with Crippen LogP contribution in [0.25, 0.3) is 0 Å². The Labute approximate surface area is 143 Å². The van der Waals surface area contributed by atoms with E-state index in [1.165, 1.54) is 5.56 Å². The first-order valence-electron chi connectivity index (χ1n) is 8.09. The molecule has 1 aromatic carbocycles. The van der Waals surface area contributed by atoms with Gasteiger partial charge in [0.05, 0.1) is 6.54 Å². The molecule has 5 heteroatoms. The number of pyridine rings is 1. The van der Waals surface area contributed by atoms with Gasteiger partial charge in [-0.1, -0.05) is 39.0 Å². The first-order chi connectivity index (χ1) is 11.4. The topological polar surface area (TPSA) is 63.2 Å². The summed E-state index contributed by atoms with van der Waals surface area (Å²) >= 11 is 0. The first kappa shape index (κ1) is 17.8. The van der Waals surface area contributed by atoms with Gasteiger partial charge >= 0.3 is 6.03 Å². The van der Waals surface area contributed by atoms with Crippen molar-refractivity contribution in [2.45, 2.75) is 32.7 Å². The maximum Gasteiger partial charge on any atom is 0.315 e. The van der Waals surface area contributed by atoms with E-state index in [0.717, 1.165) is 11.3 Å². The summed E-state index contributed by atoms with van der Waals surface area (Å²) in [6.07, 6.45) is 3.43. The minimum atomic E-state index is -0.217. The van der Waals surface area contributed by atoms with Crippen LogP contribution in [0.4, 0.5) is 4.79 Å². The standard InChI is InChI=1S/C19H25N3O2/c1-19(2,3)16-7-4-8-17(12-16)24-11-10-21-18(23)22-14-15-6-5-9-20-13-15/h4-9,12-13H,10-11,14H2,1-3H3,(H2,21,22,23). The van der Waals surface area contributed by atoms with Crippen molar-refractivity contribution in [2.75, 3.05) is 13.2 Å². The van der Waals surface area contributed by atoms with Crippen LogP contribution in [0.3, 0.4) is 0 Å². The van der Waals surface area contributed by atoms with Gasteiger partial charge in [-0.05, 0) is 34.7 Å². The van der Waals surface area contributed by atoms with E-state index < -0.39 is 0 Å². The fourth-order valence-corrected chi connectivity index (χ4v) is 2.13. The summed E-state index contributed by atoms with van der Waals surface area (Å²) < 4.78 is 5.70. The van der Waals surface area contributed by atoms with Crippen molar-refractivity contribution in [2.24, 2.45) is 0 Å². The number of carbonyl (C=O) groups is 1. The van der Waals surface area contributed by atoms with Gasteiger partial charge in [0.1, 0.15) is 12.4 Å². The van der Waals surface area contributed by atoms with Crippen molar-refractivity contribution in [3.05, 3.63) is 59.9 Å². The first-order valence-corrected chi connectivity index (χ1v) is 8.09. The van der Waals surface area contributed by atoms with Crippen molar-refractivity contribution in [1.29, 1.82) is 0 Å². The lowest BCUT2D eigenvalue weighted by molar-refractivity contribution is 0.236. The molecule has 0 aliphatic carbocycles. The summed E-state index contributed by atoms with van der Waals surface area (Å²) in [6.45, 7) is 7.82. The highest BCUT2D eigenvalue weighted by Gasteiger charge is 2.13. The smallest absolute Gasteiger partial charge is 0.315 e. The van der Waals surface area contributed by atoms with Gasteiger partial charge in [-0.25, -0.2) is 4.79 Å². The molecule has 2 amide bonds. The van der Waals surface area contributed by atoms with Crippen molar-refractivity contribution >= 4 is 6.03 Å². The zero-order valence-electron chi connectivity index (χ0n) is 14.5. The molecule has 24 heavy (non-hydrogen) atoms. The minimum Gasteiger partial charge on any atom is -0.492 e. The van der Waals surface area contributed by atoms with Crippen LogP contribution < -0.4 is 15.4 Å². The Balaban J connectivity index is 1.68. The summed E-state index contributed by atoms with van der Waals surface area (Å²) in [4.78, 5) is 15.7. The summed E-state index contributed by atoms with van der Waals surface area (Å²) in [5.74, 6) is 0.819. The lowest BCUT2D eigenvalue weighted by Crippen LogP contribution is -2.37. The molecule has 0 unspecified atom stereocenters. The summed E-state index contributed by atoms with van der Waals surface area (Å²) in [5.41, 5.74) is 2.27. The lowest BCUT2D eigenvalue weighted by Gasteiger charge is -2.19. The van der Waals surface area contributed by atoms with Crippen LogP contribution >= 0.6 is 0 Å². The van der Waals surface area contributed by atoms with Gasteiger partial charge < -0.3 is 15.4 Å². The van der Waals surface area contributed by atoms with Gasteiger partial charge in [0.2, 0.25) is 0 Å². The van der Waals surface area contributed by atoms with Crippen molar-refractivity contribution in [3.8, 4) is 5.75 Å². The second-order valence-corrected chi connectivity index (χ2v) is 6.60. The molecule has 0 spiro atoms. The molecule has 0 aliphatic rings. The maximum atomic E-state index is 11.7. The number of hydrogen-bond donors (Lipinski definition) is 2. The van der Waals surface area contributed by atoms with Gasteiger partial charge in [0, 0.05) is 18.9 Å². The molecular weight excluding hydrogens is 302 g/mol. The number of carbonyl (C=O) groups excluding carboxylic acids is 1. The van der Waals surface area contributed by atoms with Crippen LogP contribution in [0.1, 0.15) is 31.9 Å². The van der Waals surface area contributed by atoms with Gasteiger partial charge in [-0.2, -0.15) is 0 Å². The number of amides is 2. The molecule has 0 saturated carbocycles. The number of rotatable bonds is 6. The minimum absolute atomic E-state index is 0.0871. The average molecular weight is 327 g/mol. The Morgan fingerprint density at radius 1 is 1.17 bits per heavy atom. The van der Waals surface area contributed by atoms with E-state index in [2.05, 4.69) is 42.5 Å². The van der Waals surface area contributed by atoms with Crippen LogP contribution in [0.5, 0.6) is 5.75 Å². The molecule has 0 radical (unpaired) electrons. The molecule has 1 aromatic heterocycles. The number of nitrogens with zero attached hydrogens (tertiary/aromatic N) is 1. The number of nitrogens with one attached hydrogen (secondary N) is 2. The fourth-order valence-electron chi connectivity index (χ4n) is 2.13. The number of benzene rings is 1. The van der Waals surface area contributed by atoms with Crippen LogP contribution in [-0.2, 0) is 12.0 Å². The lowest BCUT2D eigenvalue weighted by atomic mass is 9.87. The molecule has 0 atom stereocenters. The zero-order chi connectivity index (χ0) is 17.4. The normalized spacial score (nSPS) is 11.0. The highest BCUT2D eigenvalue weighted by Crippen LogP contribution is 2.25. The van der Waals surface area contributed by atoms with Crippen LogP contribution in [-0.4, -0.2) is 24.2 Å². The maximum absolute atomic E-state index is 11.7. The molecule has 2 N–H and O–H groups in total. The molecule has 5 nitrogen and oxygen atoms in total. The van der Waals surface area contributed by atoms with E-state index in [1.807, 2.05) is 30.3 Å². The molecule has 0 saturated heterocycles. The van der Waals surface area contributed by atoms with Gasteiger partial charge in [0.25, 0.3) is 0 Å². The SMILES string of the molecule is CC(C)(C)c1cccc(OCCNC(=O)NCc2cccnc2)c1. The molecule has 1 heterocycles. The number of hydrogen-bond acceptors (Lipinski definition) is 3. The zero-order valence-corrected chi connectivity index (χ0v) is 14.5. The van der Waals surface area contributed by atoms with Gasteiger partial charge in [-0.15, -0.1) is 0 Å². The van der Waals surface area contributed by atoms with E-state index in [0.29, 0.717) is 19.7 Å². The quantitative estimate of drug-likeness (QED) is 0.801. The second-order valence-electron chi connectivity index (χ2n) is 6.60. The van der Waals surface area contributed by atoms with Crippen molar-refractivity contribution < 1.29 is 9.53 Å².